The molecule has 0 saturated carbocycles. The van der Waals surface area contributed by atoms with Crippen LogP contribution in [0.4, 0.5) is 11.4 Å². The van der Waals surface area contributed by atoms with Crippen molar-refractivity contribution in [1.82, 2.24) is 9.97 Å². The second kappa shape index (κ2) is 5.04. The van der Waals surface area contributed by atoms with E-state index in [-0.39, 0.29) is 17.1 Å². The van der Waals surface area contributed by atoms with Crippen LogP contribution in [0.5, 0.6) is 11.6 Å². The van der Waals surface area contributed by atoms with Crippen molar-refractivity contribution < 1.29 is 9.66 Å². The van der Waals surface area contributed by atoms with Gasteiger partial charge in [-0.3, -0.25) is 10.1 Å². The van der Waals surface area contributed by atoms with Crippen LogP contribution in [0.2, 0.25) is 0 Å². The average molecular weight is 282 g/mol. The Morgan fingerprint density at radius 3 is 2.62 bits per heavy atom. The Bertz CT molecular complexity index is 835. The van der Waals surface area contributed by atoms with Crippen LogP contribution in [0.1, 0.15) is 0 Å². The number of nitrogen functional groups attached to an aromatic ring is 1. The summed E-state index contributed by atoms with van der Waals surface area (Å²) in [6, 6.07) is 9.59. The molecule has 0 amide bonds. The highest BCUT2D eigenvalue weighted by Crippen LogP contribution is 2.34. The molecule has 0 spiro atoms. The minimum absolute atomic E-state index is 0.0769. The summed E-state index contributed by atoms with van der Waals surface area (Å²) in [4.78, 5) is 18.6. The van der Waals surface area contributed by atoms with Crippen LogP contribution in [0.25, 0.3) is 10.9 Å². The number of rotatable bonds is 3. The SMILES string of the molecule is Nc1cccnc1Oc1ccc([N+](=O)[O-])c2ncccc12. The zero-order chi connectivity index (χ0) is 14.8. The third kappa shape index (κ3) is 2.32. The summed E-state index contributed by atoms with van der Waals surface area (Å²) < 4.78 is 5.66. The normalized spacial score (nSPS) is 10.5. The molecule has 0 saturated heterocycles. The van der Waals surface area contributed by atoms with E-state index in [4.69, 9.17) is 10.5 Å². The molecule has 0 fully saturated rings. The van der Waals surface area contributed by atoms with Crippen molar-refractivity contribution in [1.29, 1.82) is 0 Å². The molecule has 0 radical (unpaired) electrons. The number of non-ortho nitro benzene ring substituents is 1. The first-order chi connectivity index (χ1) is 10.2. The van der Waals surface area contributed by atoms with Crippen molar-refractivity contribution in [3.63, 3.8) is 0 Å². The maximum absolute atomic E-state index is 11.0. The van der Waals surface area contributed by atoms with E-state index in [2.05, 4.69) is 9.97 Å². The van der Waals surface area contributed by atoms with Gasteiger partial charge in [-0.05, 0) is 30.3 Å². The Labute approximate surface area is 119 Å². The number of hydrogen-bond donors (Lipinski definition) is 1. The Balaban J connectivity index is 2.14. The predicted molar refractivity (Wildman–Crippen MR) is 77.1 cm³/mol. The van der Waals surface area contributed by atoms with Gasteiger partial charge in [0.15, 0.2) is 5.52 Å². The lowest BCUT2D eigenvalue weighted by Gasteiger charge is -2.09. The molecule has 21 heavy (non-hydrogen) atoms. The second-order valence-electron chi connectivity index (χ2n) is 4.24. The van der Waals surface area contributed by atoms with E-state index < -0.39 is 4.92 Å². The number of aromatic nitrogens is 2. The maximum Gasteiger partial charge on any atom is 0.295 e. The van der Waals surface area contributed by atoms with Crippen LogP contribution in [0.15, 0.2) is 48.8 Å². The smallest absolute Gasteiger partial charge is 0.295 e. The van der Waals surface area contributed by atoms with E-state index in [1.807, 2.05) is 0 Å². The van der Waals surface area contributed by atoms with Crippen LogP contribution in [-0.4, -0.2) is 14.9 Å². The number of hydrogen-bond acceptors (Lipinski definition) is 6. The summed E-state index contributed by atoms with van der Waals surface area (Å²) in [6.07, 6.45) is 3.05. The number of nitro benzene ring substituents is 1. The number of benzene rings is 1. The Morgan fingerprint density at radius 1 is 1.10 bits per heavy atom. The molecule has 7 nitrogen and oxygen atoms in total. The highest BCUT2D eigenvalue weighted by Gasteiger charge is 2.17. The van der Waals surface area contributed by atoms with E-state index in [0.717, 1.165) is 0 Å². The lowest BCUT2D eigenvalue weighted by atomic mass is 10.1. The molecule has 0 atom stereocenters. The molecule has 0 aliphatic heterocycles. The molecule has 0 aliphatic rings. The zero-order valence-electron chi connectivity index (χ0n) is 10.8. The predicted octanol–water partition coefficient (Wildman–Crippen LogP) is 2.91. The van der Waals surface area contributed by atoms with Gasteiger partial charge in [-0.1, -0.05) is 0 Å². The molecule has 104 valence electrons. The quantitative estimate of drug-likeness (QED) is 0.585. The van der Waals surface area contributed by atoms with Crippen LogP contribution in [0.3, 0.4) is 0 Å². The van der Waals surface area contributed by atoms with E-state index in [0.29, 0.717) is 16.8 Å². The summed E-state index contributed by atoms with van der Waals surface area (Å²) in [5.74, 6) is 0.658. The van der Waals surface area contributed by atoms with Gasteiger partial charge in [-0.15, -0.1) is 0 Å². The number of nitro groups is 1. The lowest BCUT2D eigenvalue weighted by Crippen LogP contribution is -1.97. The van der Waals surface area contributed by atoms with Crippen molar-refractivity contribution in [2.75, 3.05) is 5.73 Å². The maximum atomic E-state index is 11.0. The van der Waals surface area contributed by atoms with Crippen LogP contribution >= 0.6 is 0 Å². The fourth-order valence-corrected chi connectivity index (χ4v) is 1.96. The Morgan fingerprint density at radius 2 is 1.86 bits per heavy atom. The fourth-order valence-electron chi connectivity index (χ4n) is 1.96. The number of anilines is 1. The van der Waals surface area contributed by atoms with Crippen LogP contribution < -0.4 is 10.5 Å². The molecular weight excluding hydrogens is 272 g/mol. The van der Waals surface area contributed by atoms with Crippen molar-refractivity contribution in [3.05, 3.63) is 58.9 Å². The van der Waals surface area contributed by atoms with Gasteiger partial charge in [0, 0.05) is 18.5 Å². The molecular formula is C14H10N4O3. The number of pyridine rings is 2. The van der Waals surface area contributed by atoms with Crippen molar-refractivity contribution >= 4 is 22.3 Å². The van der Waals surface area contributed by atoms with Crippen molar-refractivity contribution in [3.8, 4) is 11.6 Å². The minimum Gasteiger partial charge on any atom is -0.436 e. The number of nitrogens with two attached hydrogens (primary N) is 1. The Kier molecular flexibility index (Phi) is 3.07. The lowest BCUT2D eigenvalue weighted by molar-refractivity contribution is -0.383. The minimum atomic E-state index is -0.478. The summed E-state index contributed by atoms with van der Waals surface area (Å²) in [6.45, 7) is 0. The summed E-state index contributed by atoms with van der Waals surface area (Å²) in [5.41, 5.74) is 6.34. The molecule has 0 aliphatic carbocycles. The van der Waals surface area contributed by atoms with Gasteiger partial charge < -0.3 is 10.5 Å². The summed E-state index contributed by atoms with van der Waals surface area (Å²) in [5, 5.41) is 11.6. The zero-order valence-corrected chi connectivity index (χ0v) is 10.8. The first-order valence-corrected chi connectivity index (χ1v) is 6.07. The number of nitrogens with zero attached hydrogens (tertiary/aromatic N) is 3. The number of ether oxygens (including phenoxy) is 1. The fraction of sp³-hybridized carbons (Fsp3) is 0. The Hall–Kier alpha value is -3.22. The molecule has 1 aromatic carbocycles. The first kappa shape index (κ1) is 12.8. The molecule has 2 heterocycles. The summed E-state index contributed by atoms with van der Waals surface area (Å²) in [7, 11) is 0. The van der Waals surface area contributed by atoms with Gasteiger partial charge in [0.25, 0.3) is 5.69 Å². The van der Waals surface area contributed by atoms with E-state index in [1.54, 1.807) is 30.5 Å². The van der Waals surface area contributed by atoms with Gasteiger partial charge in [0.05, 0.1) is 16.0 Å². The topological polar surface area (TPSA) is 104 Å². The van der Waals surface area contributed by atoms with Gasteiger partial charge >= 0.3 is 0 Å². The molecule has 2 aromatic heterocycles. The third-order valence-electron chi connectivity index (χ3n) is 2.91. The molecule has 0 bridgehead atoms. The van der Waals surface area contributed by atoms with E-state index >= 15 is 0 Å². The van der Waals surface area contributed by atoms with Crippen molar-refractivity contribution in [2.45, 2.75) is 0 Å². The molecule has 3 aromatic rings. The van der Waals surface area contributed by atoms with Gasteiger partial charge in [0.2, 0.25) is 5.88 Å². The van der Waals surface area contributed by atoms with Gasteiger partial charge in [-0.25, -0.2) is 9.97 Å². The molecule has 7 heteroatoms. The monoisotopic (exact) mass is 282 g/mol. The highest BCUT2D eigenvalue weighted by atomic mass is 16.6. The third-order valence-corrected chi connectivity index (χ3v) is 2.91. The molecule has 0 unspecified atom stereocenters. The standard InChI is InChI=1S/C14H10N4O3/c15-10-4-2-8-17-14(10)21-12-6-5-11(18(19)20)13-9(12)3-1-7-16-13/h1-8H,15H2. The second-order valence-corrected chi connectivity index (χ2v) is 4.24. The van der Waals surface area contributed by atoms with E-state index in [9.17, 15) is 10.1 Å². The van der Waals surface area contributed by atoms with Gasteiger partial charge in [0.1, 0.15) is 5.75 Å². The first-order valence-electron chi connectivity index (χ1n) is 6.07. The van der Waals surface area contributed by atoms with Gasteiger partial charge in [-0.2, -0.15) is 0 Å². The largest absolute Gasteiger partial charge is 0.436 e. The van der Waals surface area contributed by atoms with Crippen LogP contribution in [-0.2, 0) is 0 Å². The average Bonchev–Trinajstić information content (AvgIpc) is 2.49. The van der Waals surface area contributed by atoms with Crippen LogP contribution in [0, 0.1) is 10.1 Å². The van der Waals surface area contributed by atoms with E-state index in [1.165, 1.54) is 18.3 Å². The number of fused-ring (bicyclic) bond motifs is 1. The van der Waals surface area contributed by atoms with Crippen molar-refractivity contribution in [2.24, 2.45) is 0 Å². The highest BCUT2D eigenvalue weighted by molar-refractivity contribution is 5.92. The molecule has 3 rings (SSSR count). The molecule has 2 N–H and O–H groups in total. The summed E-state index contributed by atoms with van der Waals surface area (Å²) >= 11 is 0.